The number of carboxylic acid groups (broad SMARTS) is 1. The lowest BCUT2D eigenvalue weighted by Crippen LogP contribution is -2.39. The van der Waals surface area contributed by atoms with E-state index >= 15 is 0 Å². The summed E-state index contributed by atoms with van der Waals surface area (Å²) in [6.45, 7) is 0.167. The second-order valence-corrected chi connectivity index (χ2v) is 5.66. The first-order valence-corrected chi connectivity index (χ1v) is 7.04. The van der Waals surface area contributed by atoms with Gasteiger partial charge in [-0.05, 0) is 40.9 Å². The van der Waals surface area contributed by atoms with Gasteiger partial charge >= 0.3 is 12.1 Å². The van der Waals surface area contributed by atoms with Gasteiger partial charge in [-0.3, -0.25) is 0 Å². The van der Waals surface area contributed by atoms with Crippen LogP contribution in [0.2, 0.25) is 0 Å². The first-order valence-electron chi connectivity index (χ1n) is 6.24. The fraction of sp³-hybridized carbons (Fsp3) is 0.462. The van der Waals surface area contributed by atoms with Gasteiger partial charge < -0.3 is 10.0 Å². The number of carboxylic acids is 1. The summed E-state index contributed by atoms with van der Waals surface area (Å²) >= 11 is 2.88. The van der Waals surface area contributed by atoms with Crippen LogP contribution >= 0.6 is 15.9 Å². The van der Waals surface area contributed by atoms with Crippen molar-refractivity contribution >= 4 is 27.6 Å². The molecule has 0 bridgehead atoms. The monoisotopic (exact) mass is 369 g/mol. The molecule has 1 saturated heterocycles. The number of carbonyl (C=O) groups is 1. The quantitative estimate of drug-likeness (QED) is 0.799. The molecule has 1 aromatic rings. The van der Waals surface area contributed by atoms with Crippen molar-refractivity contribution in [3.05, 3.63) is 28.0 Å². The zero-order chi connectivity index (χ0) is 15.8. The molecule has 1 fully saturated rings. The van der Waals surface area contributed by atoms with E-state index in [1.807, 2.05) is 0 Å². The number of rotatable bonds is 2. The lowest BCUT2D eigenvalue weighted by Gasteiger charge is -2.34. The number of aromatic carboxylic acids is 1. The summed E-state index contributed by atoms with van der Waals surface area (Å²) in [7, 11) is 0. The van der Waals surface area contributed by atoms with Crippen molar-refractivity contribution in [2.75, 3.05) is 18.0 Å². The Morgan fingerprint density at radius 3 is 2.33 bits per heavy atom. The van der Waals surface area contributed by atoms with Crippen LogP contribution in [0, 0.1) is 11.7 Å². The molecule has 21 heavy (non-hydrogen) atoms. The Hall–Kier alpha value is -1.31. The second kappa shape index (κ2) is 5.82. The summed E-state index contributed by atoms with van der Waals surface area (Å²) in [4.78, 5) is 12.4. The Morgan fingerprint density at radius 1 is 1.29 bits per heavy atom. The first-order chi connectivity index (χ1) is 9.71. The predicted octanol–water partition coefficient (Wildman–Crippen LogP) is 4.07. The van der Waals surface area contributed by atoms with Crippen LogP contribution in [0.15, 0.2) is 16.6 Å². The normalized spacial score (nSPS) is 17.1. The standard InChI is InChI=1S/C13H12BrF4NO2/c14-10-8(12(20)21)1-2-9(11(10)15)19-5-3-7(4-6-19)13(16,17)18/h1-2,7H,3-6H2,(H,20,21). The molecule has 0 radical (unpaired) electrons. The van der Waals surface area contributed by atoms with Crippen molar-refractivity contribution < 1.29 is 27.5 Å². The lowest BCUT2D eigenvalue weighted by atomic mass is 9.96. The summed E-state index contributed by atoms with van der Waals surface area (Å²) < 4.78 is 51.7. The van der Waals surface area contributed by atoms with E-state index in [0.717, 1.165) is 0 Å². The number of anilines is 1. The SMILES string of the molecule is O=C(O)c1ccc(N2CCC(C(F)(F)F)CC2)c(F)c1Br. The van der Waals surface area contributed by atoms with Gasteiger partial charge in [0.1, 0.15) is 0 Å². The smallest absolute Gasteiger partial charge is 0.391 e. The molecule has 1 N–H and O–H groups in total. The highest BCUT2D eigenvalue weighted by atomic mass is 79.9. The minimum atomic E-state index is -4.22. The van der Waals surface area contributed by atoms with Crippen LogP contribution in [0.3, 0.4) is 0 Å². The Kier molecular flexibility index (Phi) is 4.46. The predicted molar refractivity (Wildman–Crippen MR) is 72.1 cm³/mol. The summed E-state index contributed by atoms with van der Waals surface area (Å²) in [5, 5.41) is 8.88. The molecule has 0 amide bonds. The molecule has 3 nitrogen and oxygen atoms in total. The second-order valence-electron chi connectivity index (χ2n) is 4.87. The Bertz CT molecular complexity index is 554. The molecule has 0 aromatic heterocycles. The van der Waals surface area contributed by atoms with Crippen LogP contribution < -0.4 is 4.90 Å². The van der Waals surface area contributed by atoms with Gasteiger partial charge in [0, 0.05) is 13.1 Å². The molecule has 116 valence electrons. The van der Waals surface area contributed by atoms with E-state index in [0.29, 0.717) is 0 Å². The molecular weight excluding hydrogens is 358 g/mol. The molecule has 1 heterocycles. The summed E-state index contributed by atoms with van der Waals surface area (Å²) in [5.41, 5.74) is -0.103. The minimum absolute atomic E-state index is 0.0833. The number of piperidine rings is 1. The molecule has 0 unspecified atom stereocenters. The maximum absolute atomic E-state index is 14.2. The van der Waals surface area contributed by atoms with Crippen molar-refractivity contribution in [1.29, 1.82) is 0 Å². The van der Waals surface area contributed by atoms with Crippen LogP contribution in [0.5, 0.6) is 0 Å². The molecule has 1 aliphatic rings. The van der Waals surface area contributed by atoms with E-state index in [-0.39, 0.29) is 41.7 Å². The van der Waals surface area contributed by atoms with Gasteiger partial charge in [-0.1, -0.05) is 0 Å². The molecule has 2 rings (SSSR count). The third kappa shape index (κ3) is 3.30. The van der Waals surface area contributed by atoms with Crippen LogP contribution in [0.25, 0.3) is 0 Å². The summed E-state index contributed by atoms with van der Waals surface area (Å²) in [5.74, 6) is -3.40. The van der Waals surface area contributed by atoms with Crippen molar-refractivity contribution in [2.24, 2.45) is 5.92 Å². The van der Waals surface area contributed by atoms with Gasteiger partial charge in [0.25, 0.3) is 0 Å². The zero-order valence-electron chi connectivity index (χ0n) is 10.8. The topological polar surface area (TPSA) is 40.5 Å². The highest BCUT2D eigenvalue weighted by molar-refractivity contribution is 9.10. The highest BCUT2D eigenvalue weighted by Gasteiger charge is 2.41. The van der Waals surface area contributed by atoms with E-state index in [2.05, 4.69) is 15.9 Å². The molecule has 0 atom stereocenters. The fourth-order valence-corrected chi connectivity index (χ4v) is 2.90. The molecule has 0 saturated carbocycles. The van der Waals surface area contributed by atoms with Gasteiger partial charge in [-0.25, -0.2) is 9.18 Å². The van der Waals surface area contributed by atoms with Crippen molar-refractivity contribution in [1.82, 2.24) is 0 Å². The minimum Gasteiger partial charge on any atom is -0.478 e. The first kappa shape index (κ1) is 16.1. The summed E-state index contributed by atoms with van der Waals surface area (Å²) in [6.07, 6.45) is -4.42. The molecule has 1 aromatic carbocycles. The fourth-order valence-electron chi connectivity index (χ4n) is 2.40. The third-order valence-electron chi connectivity index (χ3n) is 3.59. The van der Waals surface area contributed by atoms with Crippen LogP contribution in [-0.2, 0) is 0 Å². The van der Waals surface area contributed by atoms with E-state index < -0.39 is 23.9 Å². The Balaban J connectivity index is 2.18. The number of halogens is 5. The number of alkyl halides is 3. The van der Waals surface area contributed by atoms with Crippen molar-refractivity contribution in [3.8, 4) is 0 Å². The molecular formula is C13H12BrF4NO2. The largest absolute Gasteiger partial charge is 0.478 e. The average molecular weight is 370 g/mol. The van der Waals surface area contributed by atoms with Crippen molar-refractivity contribution in [3.63, 3.8) is 0 Å². The van der Waals surface area contributed by atoms with Gasteiger partial charge in [-0.15, -0.1) is 0 Å². The third-order valence-corrected chi connectivity index (χ3v) is 4.37. The van der Waals surface area contributed by atoms with Gasteiger partial charge in [0.15, 0.2) is 5.82 Å². The van der Waals surface area contributed by atoms with E-state index in [9.17, 15) is 22.4 Å². The van der Waals surface area contributed by atoms with E-state index in [1.165, 1.54) is 17.0 Å². The average Bonchev–Trinajstić information content (AvgIpc) is 2.40. The Labute approximate surface area is 126 Å². The van der Waals surface area contributed by atoms with E-state index in [4.69, 9.17) is 5.11 Å². The molecule has 0 aliphatic carbocycles. The van der Waals surface area contributed by atoms with Gasteiger partial charge in [-0.2, -0.15) is 13.2 Å². The molecule has 1 aliphatic heterocycles. The number of hydrogen-bond donors (Lipinski definition) is 1. The van der Waals surface area contributed by atoms with Crippen LogP contribution in [-0.4, -0.2) is 30.3 Å². The number of benzene rings is 1. The molecule has 8 heteroatoms. The zero-order valence-corrected chi connectivity index (χ0v) is 12.3. The maximum atomic E-state index is 14.2. The van der Waals surface area contributed by atoms with E-state index in [1.54, 1.807) is 0 Å². The highest BCUT2D eigenvalue weighted by Crippen LogP contribution is 2.37. The number of nitrogens with zero attached hydrogens (tertiary/aromatic N) is 1. The summed E-state index contributed by atoms with van der Waals surface area (Å²) in [6, 6.07) is 2.53. The van der Waals surface area contributed by atoms with Crippen LogP contribution in [0.4, 0.5) is 23.2 Å². The lowest BCUT2D eigenvalue weighted by molar-refractivity contribution is -0.179. The molecule has 0 spiro atoms. The number of hydrogen-bond acceptors (Lipinski definition) is 2. The van der Waals surface area contributed by atoms with Gasteiger partial charge in [0.05, 0.1) is 21.6 Å². The van der Waals surface area contributed by atoms with Crippen molar-refractivity contribution in [2.45, 2.75) is 19.0 Å². The maximum Gasteiger partial charge on any atom is 0.391 e. The van der Waals surface area contributed by atoms with Gasteiger partial charge in [0.2, 0.25) is 0 Å². The Morgan fingerprint density at radius 2 is 1.86 bits per heavy atom. The van der Waals surface area contributed by atoms with Crippen LogP contribution in [0.1, 0.15) is 23.2 Å².